The Hall–Kier alpha value is -2.71. The number of halogens is 1. The average Bonchev–Trinajstić information content (AvgIpc) is 2.76. The van der Waals surface area contributed by atoms with Gasteiger partial charge in [0.2, 0.25) is 11.9 Å². The molecule has 1 aliphatic heterocycles. The van der Waals surface area contributed by atoms with Gasteiger partial charge in [0, 0.05) is 36.3 Å². The fourth-order valence-electron chi connectivity index (χ4n) is 3.98. The summed E-state index contributed by atoms with van der Waals surface area (Å²) in [6.45, 7) is 3.56. The number of aryl methyl sites for hydroxylation is 1. The minimum atomic E-state index is -3.33. The van der Waals surface area contributed by atoms with Crippen molar-refractivity contribution < 1.29 is 13.2 Å². The summed E-state index contributed by atoms with van der Waals surface area (Å²) in [6, 6.07) is 12.3. The molecule has 0 saturated carbocycles. The Kier molecular flexibility index (Phi) is 6.35. The first-order valence-electron chi connectivity index (χ1n) is 10.5. The van der Waals surface area contributed by atoms with E-state index < -0.39 is 9.84 Å². The third-order valence-electron chi connectivity index (χ3n) is 5.71. The smallest absolute Gasteiger partial charge is 0.226 e. The second kappa shape index (κ2) is 9.03. The third-order valence-corrected chi connectivity index (χ3v) is 7.05. The van der Waals surface area contributed by atoms with Gasteiger partial charge in [-0.2, -0.15) is 0 Å². The van der Waals surface area contributed by atoms with Crippen molar-refractivity contribution in [3.05, 3.63) is 58.7 Å². The Morgan fingerprint density at radius 1 is 1.22 bits per heavy atom. The highest BCUT2D eigenvalue weighted by atomic mass is 35.5. The van der Waals surface area contributed by atoms with Crippen LogP contribution in [0.15, 0.2) is 47.4 Å². The fourth-order valence-corrected chi connectivity index (χ4v) is 4.83. The first-order chi connectivity index (χ1) is 15.2. The number of hydrogen-bond donors (Lipinski definition) is 1. The number of anilines is 1. The van der Waals surface area contributed by atoms with Gasteiger partial charge in [0.1, 0.15) is 0 Å². The largest absolute Gasteiger partial charge is 0.352 e. The minimum absolute atomic E-state index is 0.00782. The lowest BCUT2D eigenvalue weighted by Crippen LogP contribution is -2.43. The van der Waals surface area contributed by atoms with Gasteiger partial charge in [-0.3, -0.25) is 4.79 Å². The van der Waals surface area contributed by atoms with Crippen LogP contribution in [0, 0.1) is 12.8 Å². The van der Waals surface area contributed by atoms with Gasteiger partial charge in [-0.1, -0.05) is 23.7 Å². The van der Waals surface area contributed by atoms with Gasteiger partial charge < -0.3 is 10.2 Å². The second-order valence-electron chi connectivity index (χ2n) is 8.19. The number of aromatic nitrogens is 2. The minimum Gasteiger partial charge on any atom is -0.352 e. The maximum Gasteiger partial charge on any atom is 0.226 e. The van der Waals surface area contributed by atoms with Crippen molar-refractivity contribution in [1.29, 1.82) is 0 Å². The Morgan fingerprint density at radius 3 is 2.78 bits per heavy atom. The monoisotopic (exact) mass is 472 g/mol. The van der Waals surface area contributed by atoms with Crippen LogP contribution in [0.2, 0.25) is 5.02 Å². The van der Waals surface area contributed by atoms with Gasteiger partial charge in [-0.05, 0) is 55.7 Å². The quantitative estimate of drug-likeness (QED) is 0.610. The number of nitrogens with zero attached hydrogens (tertiary/aromatic N) is 3. The van der Waals surface area contributed by atoms with E-state index >= 15 is 0 Å². The molecule has 2 aromatic carbocycles. The molecule has 2 heterocycles. The topological polar surface area (TPSA) is 92.3 Å². The van der Waals surface area contributed by atoms with Crippen molar-refractivity contribution in [2.45, 2.75) is 31.2 Å². The maximum absolute atomic E-state index is 12.8. The summed E-state index contributed by atoms with van der Waals surface area (Å²) in [5.74, 6) is 0.337. The van der Waals surface area contributed by atoms with E-state index in [1.165, 1.54) is 6.26 Å². The Labute approximate surface area is 192 Å². The zero-order chi connectivity index (χ0) is 22.9. The molecule has 1 aliphatic rings. The van der Waals surface area contributed by atoms with Gasteiger partial charge in [-0.15, -0.1) is 0 Å². The van der Waals surface area contributed by atoms with Crippen molar-refractivity contribution in [2.24, 2.45) is 5.92 Å². The van der Waals surface area contributed by atoms with E-state index in [9.17, 15) is 13.2 Å². The van der Waals surface area contributed by atoms with Gasteiger partial charge in [0.15, 0.2) is 9.84 Å². The van der Waals surface area contributed by atoms with E-state index in [1.807, 2.05) is 30.0 Å². The Morgan fingerprint density at radius 2 is 2.03 bits per heavy atom. The van der Waals surface area contributed by atoms with Gasteiger partial charge in [-0.25, -0.2) is 18.4 Å². The van der Waals surface area contributed by atoms with Crippen LogP contribution in [0.1, 0.15) is 24.1 Å². The summed E-state index contributed by atoms with van der Waals surface area (Å²) < 4.78 is 23.9. The molecule has 4 rings (SSSR count). The summed E-state index contributed by atoms with van der Waals surface area (Å²) in [5.41, 5.74) is 2.31. The standard InChI is InChI=1S/C23H25ClN4O3S/c1-15-20-9-8-19(32(2,30)31)12-21(20)27-23(26-15)28-10-4-6-17(14-28)22(29)25-13-16-5-3-7-18(24)11-16/h3,5,7-9,11-12,17H,4,6,10,13-14H2,1-2H3,(H,25,29)/t17-/m1/s1. The maximum atomic E-state index is 12.8. The molecule has 1 saturated heterocycles. The summed E-state index contributed by atoms with van der Waals surface area (Å²) in [6.07, 6.45) is 2.82. The molecule has 1 aromatic heterocycles. The van der Waals surface area contributed by atoms with Gasteiger partial charge in [0.25, 0.3) is 0 Å². The van der Waals surface area contributed by atoms with E-state index in [0.29, 0.717) is 29.6 Å². The highest BCUT2D eigenvalue weighted by molar-refractivity contribution is 7.90. The molecule has 9 heteroatoms. The second-order valence-corrected chi connectivity index (χ2v) is 10.6. The van der Waals surface area contributed by atoms with Crippen LogP contribution in [0.3, 0.4) is 0 Å². The lowest BCUT2D eigenvalue weighted by atomic mass is 9.97. The van der Waals surface area contributed by atoms with E-state index in [4.69, 9.17) is 11.6 Å². The average molecular weight is 473 g/mol. The van der Waals surface area contributed by atoms with Crippen molar-refractivity contribution in [2.75, 3.05) is 24.2 Å². The van der Waals surface area contributed by atoms with Crippen LogP contribution in [-0.2, 0) is 21.2 Å². The summed E-state index contributed by atoms with van der Waals surface area (Å²) in [5, 5.41) is 4.46. The van der Waals surface area contributed by atoms with Gasteiger partial charge >= 0.3 is 0 Å². The van der Waals surface area contributed by atoms with E-state index in [0.717, 1.165) is 36.0 Å². The molecule has 3 aromatic rings. The number of amides is 1. The van der Waals surface area contributed by atoms with Crippen LogP contribution >= 0.6 is 11.6 Å². The number of rotatable bonds is 5. The number of benzene rings is 2. The lowest BCUT2D eigenvalue weighted by Gasteiger charge is -2.32. The number of fused-ring (bicyclic) bond motifs is 1. The molecule has 0 unspecified atom stereocenters. The Balaban J connectivity index is 1.51. The normalized spacial score (nSPS) is 16.8. The van der Waals surface area contributed by atoms with Crippen LogP contribution in [0.5, 0.6) is 0 Å². The highest BCUT2D eigenvalue weighted by Crippen LogP contribution is 2.26. The SMILES string of the molecule is Cc1nc(N2CCC[C@@H](C(=O)NCc3cccc(Cl)c3)C2)nc2cc(S(C)(=O)=O)ccc12. The van der Waals surface area contributed by atoms with E-state index in [2.05, 4.69) is 15.3 Å². The molecule has 0 radical (unpaired) electrons. The first-order valence-corrected chi connectivity index (χ1v) is 12.7. The van der Waals surface area contributed by atoms with Gasteiger partial charge in [0.05, 0.1) is 22.0 Å². The predicted octanol–water partition coefficient (Wildman–Crippen LogP) is 3.53. The van der Waals surface area contributed by atoms with Crippen LogP contribution in [0.25, 0.3) is 10.9 Å². The van der Waals surface area contributed by atoms with E-state index in [1.54, 1.807) is 24.3 Å². The molecular weight excluding hydrogens is 448 g/mol. The zero-order valence-electron chi connectivity index (χ0n) is 18.0. The van der Waals surface area contributed by atoms with E-state index in [-0.39, 0.29) is 16.7 Å². The molecule has 168 valence electrons. The molecule has 32 heavy (non-hydrogen) atoms. The van der Waals surface area contributed by atoms with Crippen LogP contribution in [-0.4, -0.2) is 43.6 Å². The summed E-state index contributed by atoms with van der Waals surface area (Å²) in [7, 11) is -3.33. The molecule has 0 spiro atoms. The molecule has 1 amide bonds. The predicted molar refractivity (Wildman–Crippen MR) is 126 cm³/mol. The van der Waals surface area contributed by atoms with Crippen LogP contribution in [0.4, 0.5) is 5.95 Å². The number of carbonyl (C=O) groups excluding carboxylic acids is 1. The molecule has 1 fully saturated rings. The molecular formula is C23H25ClN4O3S. The fraction of sp³-hybridized carbons (Fsp3) is 0.348. The summed E-state index contributed by atoms with van der Waals surface area (Å²) >= 11 is 6.02. The number of piperidine rings is 1. The molecule has 1 atom stereocenters. The number of carbonyl (C=O) groups is 1. The number of nitrogens with one attached hydrogen (secondary N) is 1. The lowest BCUT2D eigenvalue weighted by molar-refractivity contribution is -0.125. The molecule has 0 bridgehead atoms. The number of sulfone groups is 1. The zero-order valence-corrected chi connectivity index (χ0v) is 19.6. The molecule has 0 aliphatic carbocycles. The molecule has 7 nitrogen and oxygen atoms in total. The van der Waals surface area contributed by atoms with Crippen molar-refractivity contribution in [3.8, 4) is 0 Å². The third kappa shape index (κ3) is 5.02. The molecule has 1 N–H and O–H groups in total. The summed E-state index contributed by atoms with van der Waals surface area (Å²) in [4.78, 5) is 24.3. The van der Waals surface area contributed by atoms with Crippen molar-refractivity contribution in [3.63, 3.8) is 0 Å². The first kappa shape index (κ1) is 22.5. The van der Waals surface area contributed by atoms with Crippen LogP contribution < -0.4 is 10.2 Å². The highest BCUT2D eigenvalue weighted by Gasteiger charge is 2.27. The van der Waals surface area contributed by atoms with Crippen molar-refractivity contribution in [1.82, 2.24) is 15.3 Å². The van der Waals surface area contributed by atoms with Crippen molar-refractivity contribution >= 4 is 44.2 Å². The number of hydrogen-bond acceptors (Lipinski definition) is 6. The Bertz CT molecular complexity index is 1280.